The summed E-state index contributed by atoms with van der Waals surface area (Å²) in [5.41, 5.74) is 2.49. The molecule has 0 radical (unpaired) electrons. The Morgan fingerprint density at radius 1 is 1.35 bits per heavy atom. The highest BCUT2D eigenvalue weighted by Gasteiger charge is 2.25. The zero-order valence-corrected chi connectivity index (χ0v) is 9.94. The van der Waals surface area contributed by atoms with Crippen LogP contribution >= 0.6 is 11.3 Å². The molecule has 2 aromatic heterocycles. The van der Waals surface area contributed by atoms with E-state index >= 15 is 0 Å². The molecule has 6 heteroatoms. The van der Waals surface area contributed by atoms with Crippen molar-refractivity contribution < 1.29 is 9.32 Å². The first-order valence-corrected chi connectivity index (χ1v) is 6.51. The van der Waals surface area contributed by atoms with Crippen LogP contribution in [0.25, 0.3) is 11.5 Å². The molecule has 0 N–H and O–H groups in total. The molecule has 1 aliphatic rings. The number of aromatic nitrogens is 3. The number of rotatable bonds is 2. The molecule has 0 saturated heterocycles. The smallest absolute Gasteiger partial charge is 0.230 e. The number of thiazole rings is 1. The maximum atomic E-state index is 11.2. The number of nitrogens with zero attached hydrogens (tertiary/aromatic N) is 3. The SMILES string of the molecule is O=C1CCC(c2nc(-c3cscn3)no2)CC1. The van der Waals surface area contributed by atoms with Gasteiger partial charge < -0.3 is 4.52 Å². The van der Waals surface area contributed by atoms with E-state index < -0.39 is 0 Å². The molecule has 0 bridgehead atoms. The van der Waals surface area contributed by atoms with Crippen LogP contribution in [0.1, 0.15) is 37.5 Å². The second-order valence-electron chi connectivity index (χ2n) is 4.14. The Morgan fingerprint density at radius 3 is 2.88 bits per heavy atom. The summed E-state index contributed by atoms with van der Waals surface area (Å²) in [6, 6.07) is 0. The average molecular weight is 249 g/mol. The standard InChI is InChI=1S/C11H11N3O2S/c15-8-3-1-7(2-4-8)11-13-10(14-16-11)9-5-17-6-12-9/h5-7H,1-4H2. The van der Waals surface area contributed by atoms with E-state index in [1.54, 1.807) is 5.51 Å². The number of hydrogen-bond donors (Lipinski definition) is 0. The van der Waals surface area contributed by atoms with Gasteiger partial charge in [0.05, 0.1) is 5.51 Å². The van der Waals surface area contributed by atoms with Gasteiger partial charge in [0.1, 0.15) is 11.5 Å². The molecule has 3 rings (SSSR count). The fourth-order valence-corrected chi connectivity index (χ4v) is 2.55. The molecule has 1 aliphatic carbocycles. The predicted octanol–water partition coefficient (Wildman–Crippen LogP) is 2.42. The van der Waals surface area contributed by atoms with Gasteiger partial charge in [0.15, 0.2) is 0 Å². The second kappa shape index (κ2) is 4.37. The Balaban J connectivity index is 1.79. The highest BCUT2D eigenvalue weighted by molar-refractivity contribution is 7.07. The molecule has 0 amide bonds. The summed E-state index contributed by atoms with van der Waals surface area (Å²) in [4.78, 5) is 19.6. The van der Waals surface area contributed by atoms with Crippen molar-refractivity contribution >= 4 is 17.1 Å². The van der Waals surface area contributed by atoms with Gasteiger partial charge in [0, 0.05) is 24.1 Å². The molecular formula is C11H11N3O2S. The van der Waals surface area contributed by atoms with Crippen LogP contribution in [-0.2, 0) is 4.79 Å². The molecule has 2 aromatic rings. The van der Waals surface area contributed by atoms with E-state index in [2.05, 4.69) is 15.1 Å². The van der Waals surface area contributed by atoms with Gasteiger partial charge in [0.25, 0.3) is 0 Å². The minimum Gasteiger partial charge on any atom is -0.339 e. The third-order valence-corrected chi connectivity index (χ3v) is 3.58. The molecule has 2 heterocycles. The summed E-state index contributed by atoms with van der Waals surface area (Å²) >= 11 is 1.50. The summed E-state index contributed by atoms with van der Waals surface area (Å²) in [7, 11) is 0. The van der Waals surface area contributed by atoms with Gasteiger partial charge in [-0.15, -0.1) is 11.3 Å². The van der Waals surface area contributed by atoms with Crippen molar-refractivity contribution in [1.82, 2.24) is 15.1 Å². The molecule has 1 saturated carbocycles. The third kappa shape index (κ3) is 2.12. The lowest BCUT2D eigenvalue weighted by Crippen LogP contribution is -2.12. The van der Waals surface area contributed by atoms with Crippen molar-refractivity contribution in [3.8, 4) is 11.5 Å². The highest BCUT2D eigenvalue weighted by Crippen LogP contribution is 2.31. The van der Waals surface area contributed by atoms with Crippen molar-refractivity contribution in [3.63, 3.8) is 0 Å². The molecule has 0 aromatic carbocycles. The maximum Gasteiger partial charge on any atom is 0.230 e. The largest absolute Gasteiger partial charge is 0.339 e. The number of Topliss-reactive ketones (excluding diaryl/α,β-unsaturated/α-hetero) is 1. The topological polar surface area (TPSA) is 68.9 Å². The lowest BCUT2D eigenvalue weighted by atomic mass is 9.88. The molecule has 17 heavy (non-hydrogen) atoms. The number of carbonyl (C=O) groups is 1. The van der Waals surface area contributed by atoms with Crippen LogP contribution in [0.15, 0.2) is 15.4 Å². The number of hydrogen-bond acceptors (Lipinski definition) is 6. The van der Waals surface area contributed by atoms with Crippen LogP contribution in [0.2, 0.25) is 0 Å². The average Bonchev–Trinajstić information content (AvgIpc) is 3.00. The summed E-state index contributed by atoms with van der Waals surface area (Å²) in [5.74, 6) is 1.74. The van der Waals surface area contributed by atoms with Crippen molar-refractivity contribution in [2.24, 2.45) is 0 Å². The lowest BCUT2D eigenvalue weighted by Gasteiger charge is -2.16. The summed E-state index contributed by atoms with van der Waals surface area (Å²) in [5, 5.41) is 5.81. The lowest BCUT2D eigenvalue weighted by molar-refractivity contribution is -0.120. The fraction of sp³-hybridized carbons (Fsp3) is 0.455. The van der Waals surface area contributed by atoms with Gasteiger partial charge in [0.2, 0.25) is 11.7 Å². The summed E-state index contributed by atoms with van der Waals surface area (Å²) in [6.07, 6.45) is 2.88. The zero-order valence-electron chi connectivity index (χ0n) is 9.13. The third-order valence-electron chi connectivity index (χ3n) is 3.00. The van der Waals surface area contributed by atoms with E-state index in [4.69, 9.17) is 4.52 Å². The van der Waals surface area contributed by atoms with Crippen molar-refractivity contribution in [3.05, 3.63) is 16.8 Å². The van der Waals surface area contributed by atoms with E-state index in [-0.39, 0.29) is 5.92 Å². The van der Waals surface area contributed by atoms with E-state index in [1.165, 1.54) is 11.3 Å². The second-order valence-corrected chi connectivity index (χ2v) is 4.86. The number of carbonyl (C=O) groups excluding carboxylic acids is 1. The van der Waals surface area contributed by atoms with Crippen LogP contribution in [0, 0.1) is 0 Å². The highest BCUT2D eigenvalue weighted by atomic mass is 32.1. The monoisotopic (exact) mass is 249 g/mol. The first-order chi connectivity index (χ1) is 8.33. The van der Waals surface area contributed by atoms with Gasteiger partial charge in [-0.05, 0) is 12.8 Å². The molecule has 0 atom stereocenters. The van der Waals surface area contributed by atoms with Crippen LogP contribution in [0.5, 0.6) is 0 Å². The summed E-state index contributed by atoms with van der Waals surface area (Å²) < 4.78 is 5.26. The van der Waals surface area contributed by atoms with Crippen LogP contribution in [0.3, 0.4) is 0 Å². The Morgan fingerprint density at radius 2 is 2.18 bits per heavy atom. The minimum absolute atomic E-state index is 0.229. The minimum atomic E-state index is 0.229. The predicted molar refractivity (Wildman–Crippen MR) is 61.6 cm³/mol. The van der Waals surface area contributed by atoms with Gasteiger partial charge >= 0.3 is 0 Å². The fourth-order valence-electron chi connectivity index (χ4n) is 2.01. The van der Waals surface area contributed by atoms with Crippen molar-refractivity contribution in [1.29, 1.82) is 0 Å². The zero-order chi connectivity index (χ0) is 11.7. The van der Waals surface area contributed by atoms with Crippen LogP contribution < -0.4 is 0 Å². The first kappa shape index (κ1) is 10.6. The van der Waals surface area contributed by atoms with Gasteiger partial charge in [-0.25, -0.2) is 4.98 Å². The van der Waals surface area contributed by atoms with E-state index in [0.717, 1.165) is 18.5 Å². The van der Waals surface area contributed by atoms with Gasteiger partial charge in [-0.1, -0.05) is 5.16 Å². The Bertz CT molecular complexity index is 511. The Hall–Kier alpha value is -1.56. The van der Waals surface area contributed by atoms with E-state index in [1.807, 2.05) is 5.38 Å². The van der Waals surface area contributed by atoms with Gasteiger partial charge in [-0.3, -0.25) is 4.79 Å². The maximum absolute atomic E-state index is 11.2. The van der Waals surface area contributed by atoms with Gasteiger partial charge in [-0.2, -0.15) is 4.98 Å². The Kier molecular flexibility index (Phi) is 2.72. The summed E-state index contributed by atoms with van der Waals surface area (Å²) in [6.45, 7) is 0. The molecule has 0 spiro atoms. The Labute approximate surface area is 102 Å². The van der Waals surface area contributed by atoms with E-state index in [0.29, 0.717) is 30.3 Å². The quantitative estimate of drug-likeness (QED) is 0.817. The number of ketones is 1. The molecule has 88 valence electrons. The molecule has 5 nitrogen and oxygen atoms in total. The van der Waals surface area contributed by atoms with Crippen molar-refractivity contribution in [2.45, 2.75) is 31.6 Å². The molecular weight excluding hydrogens is 238 g/mol. The van der Waals surface area contributed by atoms with Crippen LogP contribution in [-0.4, -0.2) is 20.9 Å². The van der Waals surface area contributed by atoms with Crippen LogP contribution in [0.4, 0.5) is 0 Å². The first-order valence-electron chi connectivity index (χ1n) is 5.57. The molecule has 0 aliphatic heterocycles. The van der Waals surface area contributed by atoms with Crippen molar-refractivity contribution in [2.75, 3.05) is 0 Å². The van der Waals surface area contributed by atoms with E-state index in [9.17, 15) is 4.79 Å². The molecule has 0 unspecified atom stereocenters. The molecule has 1 fully saturated rings. The normalized spacial score (nSPS) is 17.5.